The van der Waals surface area contributed by atoms with Crippen LogP contribution in [0.2, 0.25) is 0 Å². The molecule has 0 radical (unpaired) electrons. The summed E-state index contributed by atoms with van der Waals surface area (Å²) in [5.74, 6) is 0. The van der Waals surface area contributed by atoms with E-state index in [2.05, 4.69) is 4.74 Å². The first-order valence-corrected chi connectivity index (χ1v) is 5.47. The van der Waals surface area contributed by atoms with Crippen LogP contribution in [0.3, 0.4) is 0 Å². The molecule has 0 bridgehead atoms. The Kier molecular flexibility index (Phi) is 2.44. The van der Waals surface area contributed by atoms with Crippen LogP contribution >= 0.6 is 0 Å². The molecule has 0 aromatic heterocycles. The molecule has 0 aromatic rings. The van der Waals surface area contributed by atoms with Gasteiger partial charge in [-0.05, 0) is 27.7 Å². The van der Waals surface area contributed by atoms with Gasteiger partial charge in [-0.15, -0.1) is 0 Å². The molecule has 112 valence electrons. The summed E-state index contributed by atoms with van der Waals surface area (Å²) in [6.45, 7) is -5.54. The van der Waals surface area contributed by atoms with Crippen molar-refractivity contribution < 1.29 is 32.3 Å². The van der Waals surface area contributed by atoms with E-state index in [-0.39, 0.29) is 11.8 Å². The van der Waals surface area contributed by atoms with Crippen molar-refractivity contribution >= 4 is 6.09 Å². The van der Waals surface area contributed by atoms with Crippen LogP contribution in [-0.4, -0.2) is 59.7 Å². The van der Waals surface area contributed by atoms with Crippen LogP contribution < -0.4 is 0 Å². The maximum Gasteiger partial charge on any atom is 0.425 e. The first-order chi connectivity index (χ1) is 11.1. The number of hydrogen-bond acceptors (Lipinski definition) is 3. The first kappa shape index (κ1) is 8.34. The highest BCUT2D eigenvalue weighted by Gasteiger charge is 2.40. The Morgan fingerprint density at radius 2 is 1.89 bits per heavy atom. The minimum absolute atomic E-state index is 0.0895. The zero-order valence-corrected chi connectivity index (χ0v) is 11.1. The molecule has 0 aliphatic carbocycles. The number of carbonyl (C=O) groups excluding carboxylic acids is 1. The maximum absolute atomic E-state index is 12.7. The lowest BCUT2D eigenvalue weighted by atomic mass is 10.1. The van der Waals surface area contributed by atoms with Gasteiger partial charge in [0.1, 0.15) is 0 Å². The summed E-state index contributed by atoms with van der Waals surface area (Å²) in [4.78, 5) is 12.6. The zero-order valence-electron chi connectivity index (χ0n) is 18.1. The van der Waals surface area contributed by atoms with Gasteiger partial charge in [-0.25, -0.2) is 4.79 Å². The molecule has 1 fully saturated rings. The topological polar surface area (TPSA) is 32.8 Å². The minimum Gasteiger partial charge on any atom is -0.437 e. The molecule has 0 N–H and O–H groups in total. The second-order valence-corrected chi connectivity index (χ2v) is 4.90. The monoisotopic (exact) mass is 289 g/mol. The van der Waals surface area contributed by atoms with Crippen molar-refractivity contribution in [2.24, 2.45) is 0 Å². The van der Waals surface area contributed by atoms with E-state index in [0.717, 1.165) is 0 Å². The Hall–Kier alpha value is -0.980. The molecule has 19 heavy (non-hydrogen) atoms. The molecule has 1 rings (SSSR count). The fourth-order valence-corrected chi connectivity index (χ4v) is 1.09. The molecule has 0 spiro atoms. The van der Waals surface area contributed by atoms with Gasteiger partial charge < -0.3 is 9.64 Å². The smallest absolute Gasteiger partial charge is 0.425 e. The van der Waals surface area contributed by atoms with Crippen molar-refractivity contribution in [1.29, 1.82) is 0 Å². The summed E-state index contributed by atoms with van der Waals surface area (Å²) >= 11 is 0. The van der Waals surface area contributed by atoms with Gasteiger partial charge in [-0.2, -0.15) is 13.2 Å². The van der Waals surface area contributed by atoms with Crippen LogP contribution in [0.25, 0.3) is 0 Å². The molecule has 1 atom stereocenters. The largest absolute Gasteiger partial charge is 0.437 e. The summed E-state index contributed by atoms with van der Waals surface area (Å²) in [7, 11) is 0. The molecule has 7 heteroatoms. The molecule has 1 unspecified atom stereocenters. The zero-order chi connectivity index (χ0) is 21.1. The number of halogens is 3. The maximum atomic E-state index is 12.7. The Morgan fingerprint density at radius 3 is 2.37 bits per heavy atom. The highest BCUT2D eigenvalue weighted by molar-refractivity contribution is 5.68. The molecule has 1 heterocycles. The summed E-state index contributed by atoms with van der Waals surface area (Å²) in [6.07, 6.45) is -11.0. The Labute approximate surface area is 121 Å². The molecule has 1 amide bonds. The highest BCUT2D eigenvalue weighted by Crippen LogP contribution is 2.23. The Bertz CT molecular complexity index is 576. The minimum atomic E-state index is -5.28. The van der Waals surface area contributed by atoms with E-state index in [1.165, 1.54) is 20.8 Å². The second-order valence-electron chi connectivity index (χ2n) is 4.90. The van der Waals surface area contributed by atoms with Crippen molar-refractivity contribution in [3.05, 3.63) is 0 Å². The van der Waals surface area contributed by atoms with Gasteiger partial charge in [-0.3, -0.25) is 4.90 Å². The van der Waals surface area contributed by atoms with E-state index in [4.69, 9.17) is 9.60 Å². The molecular formula is C12H21F3N2O2. The van der Waals surface area contributed by atoms with Crippen LogP contribution in [-0.2, 0) is 4.74 Å². The number of amides is 1. The fourth-order valence-electron chi connectivity index (χ4n) is 1.09. The number of hydrogen-bond donors (Lipinski definition) is 0. The molecule has 1 saturated heterocycles. The van der Waals surface area contributed by atoms with Crippen molar-refractivity contribution in [1.82, 2.24) is 9.80 Å². The molecular weight excluding hydrogens is 261 g/mol. The van der Waals surface area contributed by atoms with Gasteiger partial charge in [0.25, 0.3) is 0 Å². The molecule has 4 nitrogen and oxygen atoms in total. The third-order valence-electron chi connectivity index (χ3n) is 2.21. The van der Waals surface area contributed by atoms with E-state index in [9.17, 15) is 18.0 Å². The fraction of sp³-hybridized carbons (Fsp3) is 0.917. The predicted molar refractivity (Wildman–Crippen MR) is 64.9 cm³/mol. The van der Waals surface area contributed by atoms with Crippen LogP contribution in [0, 0.1) is 0 Å². The number of piperazine rings is 1. The highest BCUT2D eigenvalue weighted by atomic mass is 19.4. The van der Waals surface area contributed by atoms with Crippen LogP contribution in [0.1, 0.15) is 37.3 Å². The number of rotatable bonds is 1. The van der Waals surface area contributed by atoms with Crippen LogP contribution in [0.4, 0.5) is 18.0 Å². The third kappa shape index (κ3) is 4.56. The van der Waals surface area contributed by atoms with E-state index in [0.29, 0.717) is 4.90 Å². The van der Waals surface area contributed by atoms with E-state index < -0.39 is 49.9 Å². The molecule has 1 aliphatic heterocycles. The molecule has 0 saturated carbocycles. The van der Waals surface area contributed by atoms with Crippen LogP contribution in [0.5, 0.6) is 0 Å². The third-order valence-corrected chi connectivity index (χ3v) is 2.21. The lowest BCUT2D eigenvalue weighted by Crippen LogP contribution is -2.55. The van der Waals surface area contributed by atoms with Crippen molar-refractivity contribution in [2.45, 2.75) is 45.5 Å². The SMILES string of the molecule is [2H]C1([2H])CN(C(=O)OC([2H])(C)C(F)(F)F)C([2H])([2H])C([2H])([2H])N1C(C)(C)C. The van der Waals surface area contributed by atoms with Crippen molar-refractivity contribution in [3.63, 3.8) is 0 Å². The average molecular weight is 289 g/mol. The van der Waals surface area contributed by atoms with Crippen LogP contribution in [0.15, 0.2) is 0 Å². The molecule has 0 aromatic carbocycles. The number of carbonyl (C=O) groups is 1. The van der Waals surface area contributed by atoms with Crippen molar-refractivity contribution in [3.8, 4) is 0 Å². The average Bonchev–Trinajstić information content (AvgIpc) is 2.29. The number of ether oxygens (including phenoxy) is 1. The van der Waals surface area contributed by atoms with E-state index in [1.54, 1.807) is 0 Å². The van der Waals surface area contributed by atoms with E-state index >= 15 is 0 Å². The summed E-state index contributed by atoms with van der Waals surface area (Å²) in [6, 6.07) is 0. The Balaban J connectivity index is 3.34. The lowest BCUT2D eigenvalue weighted by molar-refractivity contribution is -0.200. The van der Waals surface area contributed by atoms with Crippen molar-refractivity contribution in [2.75, 3.05) is 26.0 Å². The second kappa shape index (κ2) is 5.56. The standard InChI is InChI=1S/C12H21F3N2O2/c1-9(12(13,14)15)19-10(18)16-5-7-17(8-6-16)11(2,3)4/h9H,5-8H2,1-4H3/i5D2,7D2,8D2,9D. The van der Waals surface area contributed by atoms with Gasteiger partial charge in [-0.1, -0.05) is 0 Å². The van der Waals surface area contributed by atoms with Gasteiger partial charge >= 0.3 is 12.3 Å². The number of alkyl halides is 3. The van der Waals surface area contributed by atoms with Gasteiger partial charge in [0.2, 0.25) is 0 Å². The predicted octanol–water partition coefficient (Wildman–Crippen LogP) is 2.49. The first-order valence-electron chi connectivity index (χ1n) is 8.97. The van der Waals surface area contributed by atoms with Gasteiger partial charge in [0.05, 0.1) is 4.11 Å². The summed E-state index contributed by atoms with van der Waals surface area (Å²) in [5.41, 5.74) is -1.22. The Morgan fingerprint density at radius 1 is 1.32 bits per heavy atom. The lowest BCUT2D eigenvalue weighted by Gasteiger charge is -2.42. The van der Waals surface area contributed by atoms with Gasteiger partial charge in [0, 0.05) is 37.1 Å². The quantitative estimate of drug-likeness (QED) is 0.743. The van der Waals surface area contributed by atoms with Gasteiger partial charge in [0.15, 0.2) is 6.08 Å². The summed E-state index contributed by atoms with van der Waals surface area (Å²) in [5, 5.41) is 0. The summed E-state index contributed by atoms with van der Waals surface area (Å²) < 4.78 is 97.3. The van der Waals surface area contributed by atoms with E-state index in [1.807, 2.05) is 0 Å². The number of nitrogens with zero attached hydrogens (tertiary/aromatic N) is 2. The molecule has 1 aliphatic rings. The normalized spacial score (nSPS) is 35.3.